The minimum Gasteiger partial charge on any atom is -0.489 e. The molecule has 0 saturated heterocycles. The number of carbonyl (C=O) groups is 2. The maximum Gasteiger partial charge on any atom is 0.290 e. The first-order chi connectivity index (χ1) is 16.0. The van der Waals surface area contributed by atoms with Gasteiger partial charge in [0.15, 0.2) is 0 Å². The molecule has 0 aliphatic carbocycles. The molecule has 4 aromatic rings. The molecule has 33 heavy (non-hydrogen) atoms. The quantitative estimate of drug-likeness (QED) is 0.404. The Morgan fingerprint density at radius 1 is 1.03 bits per heavy atom. The Morgan fingerprint density at radius 3 is 2.55 bits per heavy atom. The number of benzene rings is 2. The molecule has 2 heterocycles. The molecule has 0 aliphatic heterocycles. The molecule has 2 aromatic carbocycles. The summed E-state index contributed by atoms with van der Waals surface area (Å²) in [5.41, 5.74) is 4.84. The van der Waals surface area contributed by atoms with Crippen molar-refractivity contribution >= 4 is 29.0 Å². The zero-order chi connectivity index (χ0) is 23.8. The highest BCUT2D eigenvalue weighted by Gasteiger charge is 2.17. The molecule has 0 saturated carbocycles. The highest BCUT2D eigenvalue weighted by atomic mass is 16.5. The van der Waals surface area contributed by atoms with Crippen molar-refractivity contribution in [1.29, 1.82) is 0 Å². The minimum atomic E-state index is -0.250. The van der Waals surface area contributed by atoms with Gasteiger partial charge in [-0.2, -0.15) is 0 Å². The lowest BCUT2D eigenvalue weighted by Gasteiger charge is -2.16. The van der Waals surface area contributed by atoms with Crippen molar-refractivity contribution in [3.63, 3.8) is 0 Å². The van der Waals surface area contributed by atoms with Gasteiger partial charge >= 0.3 is 0 Å². The van der Waals surface area contributed by atoms with Gasteiger partial charge in [0.05, 0.1) is 22.9 Å². The van der Waals surface area contributed by atoms with Crippen molar-refractivity contribution in [2.45, 2.75) is 26.9 Å². The van der Waals surface area contributed by atoms with Crippen LogP contribution in [-0.4, -0.2) is 33.6 Å². The smallest absolute Gasteiger partial charge is 0.290 e. The fourth-order valence-electron chi connectivity index (χ4n) is 3.48. The number of aromatic nitrogens is 2. The van der Waals surface area contributed by atoms with Crippen molar-refractivity contribution in [2.75, 3.05) is 5.32 Å². The topological polar surface area (TPSA) is 101 Å². The van der Waals surface area contributed by atoms with E-state index in [-0.39, 0.29) is 18.5 Å². The van der Waals surface area contributed by atoms with Gasteiger partial charge in [-0.25, -0.2) is 0 Å². The normalized spacial score (nSPS) is 10.3. The Bertz CT molecular complexity index is 1270. The molecule has 7 heteroatoms. The summed E-state index contributed by atoms with van der Waals surface area (Å²) in [6.45, 7) is 5.60. The highest BCUT2D eigenvalue weighted by molar-refractivity contribution is 6.07. The first-order valence-electron chi connectivity index (χ1n) is 10.4. The summed E-state index contributed by atoms with van der Waals surface area (Å²) >= 11 is 0. The number of carboxylic acid groups (broad SMARTS) is 1. The van der Waals surface area contributed by atoms with E-state index in [9.17, 15) is 4.79 Å². The van der Waals surface area contributed by atoms with E-state index in [2.05, 4.69) is 15.3 Å². The molecule has 2 aromatic heterocycles. The molecular formula is C26H25N3O4. The molecule has 0 atom stereocenters. The first-order valence-corrected chi connectivity index (χ1v) is 10.4. The molecule has 2 N–H and O–H groups in total. The minimum absolute atomic E-state index is 0.00903. The summed E-state index contributed by atoms with van der Waals surface area (Å²) in [6.07, 6.45) is 5.18. The van der Waals surface area contributed by atoms with Crippen LogP contribution in [0.2, 0.25) is 0 Å². The van der Waals surface area contributed by atoms with Gasteiger partial charge in [-0.15, -0.1) is 0 Å². The van der Waals surface area contributed by atoms with Crippen molar-refractivity contribution in [1.82, 2.24) is 9.97 Å². The van der Waals surface area contributed by atoms with Gasteiger partial charge in [0.2, 0.25) is 0 Å². The van der Waals surface area contributed by atoms with Crippen LogP contribution in [0.3, 0.4) is 0 Å². The van der Waals surface area contributed by atoms with E-state index < -0.39 is 0 Å². The largest absolute Gasteiger partial charge is 0.489 e. The number of ether oxygens (including phenoxy) is 1. The number of para-hydroxylation sites is 2. The second-order valence-electron chi connectivity index (χ2n) is 7.46. The van der Waals surface area contributed by atoms with Crippen LogP contribution in [0.1, 0.15) is 29.8 Å². The Morgan fingerprint density at radius 2 is 1.79 bits per heavy atom. The van der Waals surface area contributed by atoms with Crippen molar-refractivity contribution < 1.29 is 19.4 Å². The van der Waals surface area contributed by atoms with Gasteiger partial charge in [0, 0.05) is 29.5 Å². The average molecular weight is 444 g/mol. The molecule has 168 valence electrons. The van der Waals surface area contributed by atoms with Crippen LogP contribution in [0, 0.1) is 6.92 Å². The number of nitrogens with one attached hydrogen (secondary N) is 1. The molecular weight excluding hydrogens is 418 g/mol. The van der Waals surface area contributed by atoms with Crippen LogP contribution >= 0.6 is 0 Å². The van der Waals surface area contributed by atoms with E-state index in [1.165, 1.54) is 0 Å². The van der Waals surface area contributed by atoms with Gasteiger partial charge in [-0.3, -0.25) is 19.6 Å². The summed E-state index contributed by atoms with van der Waals surface area (Å²) in [5.74, 6) is 0.419. The fraction of sp³-hybridized carbons (Fsp3) is 0.154. The molecule has 7 nitrogen and oxygen atoms in total. The van der Waals surface area contributed by atoms with E-state index in [4.69, 9.17) is 14.6 Å². The maximum atomic E-state index is 13.1. The molecule has 4 rings (SSSR count). The standard InChI is InChI=1S/C25H23N3O2.CH2O2/c1-16(2)30-24-12-5-4-10-23(24)28-25(29)21-15-26-14-20(17(21)3)18-8-6-11-22-19(18)9-7-13-27-22;2-1-3/h4-16H,1-3H3,(H,28,29);1H,(H,2,3). The SMILES string of the molecule is Cc1c(C(=O)Nc2ccccc2OC(C)C)cncc1-c1cccc2ncccc12.O=CO. The van der Waals surface area contributed by atoms with E-state index >= 15 is 0 Å². The third-order valence-electron chi connectivity index (χ3n) is 4.89. The van der Waals surface area contributed by atoms with Gasteiger partial charge < -0.3 is 15.2 Å². The lowest BCUT2D eigenvalue weighted by Crippen LogP contribution is -2.16. The first kappa shape index (κ1) is 23.4. The van der Waals surface area contributed by atoms with Gasteiger partial charge in [-0.05, 0) is 56.2 Å². The number of amides is 1. The van der Waals surface area contributed by atoms with Gasteiger partial charge in [-0.1, -0.05) is 30.3 Å². The second kappa shape index (κ2) is 10.9. The van der Waals surface area contributed by atoms with Crippen molar-refractivity contribution in [3.8, 4) is 16.9 Å². The number of fused-ring (bicyclic) bond motifs is 1. The van der Waals surface area contributed by atoms with Crippen LogP contribution in [0.25, 0.3) is 22.0 Å². The van der Waals surface area contributed by atoms with Gasteiger partial charge in [0.1, 0.15) is 5.75 Å². The number of rotatable bonds is 5. The van der Waals surface area contributed by atoms with Crippen LogP contribution in [0.5, 0.6) is 5.75 Å². The number of carbonyl (C=O) groups excluding carboxylic acids is 1. The van der Waals surface area contributed by atoms with Crippen molar-refractivity contribution in [3.05, 3.63) is 84.3 Å². The Labute approximate surface area is 192 Å². The fourth-order valence-corrected chi connectivity index (χ4v) is 3.48. The molecule has 0 spiro atoms. The molecule has 1 amide bonds. The molecule has 0 radical (unpaired) electrons. The highest BCUT2D eigenvalue weighted by Crippen LogP contribution is 2.31. The summed E-state index contributed by atoms with van der Waals surface area (Å²) in [4.78, 5) is 30.2. The van der Waals surface area contributed by atoms with Crippen LogP contribution < -0.4 is 10.1 Å². The zero-order valence-electron chi connectivity index (χ0n) is 18.6. The van der Waals surface area contributed by atoms with Gasteiger partial charge in [0.25, 0.3) is 12.4 Å². The third-order valence-corrected chi connectivity index (χ3v) is 4.89. The van der Waals surface area contributed by atoms with E-state index in [1.807, 2.05) is 75.4 Å². The van der Waals surface area contributed by atoms with Crippen LogP contribution in [-0.2, 0) is 4.79 Å². The number of nitrogens with zero attached hydrogens (tertiary/aromatic N) is 2. The third kappa shape index (κ3) is 5.51. The molecule has 0 fully saturated rings. The summed E-state index contributed by atoms with van der Waals surface area (Å²) < 4.78 is 5.82. The number of hydrogen-bond donors (Lipinski definition) is 2. The number of anilines is 1. The molecule has 0 aliphatic rings. The zero-order valence-corrected chi connectivity index (χ0v) is 18.6. The van der Waals surface area contributed by atoms with Crippen molar-refractivity contribution in [2.24, 2.45) is 0 Å². The van der Waals surface area contributed by atoms with E-state index in [0.29, 0.717) is 17.0 Å². The molecule has 0 bridgehead atoms. The van der Waals surface area contributed by atoms with Crippen LogP contribution in [0.15, 0.2) is 73.2 Å². The number of pyridine rings is 2. The monoisotopic (exact) mass is 443 g/mol. The lowest BCUT2D eigenvalue weighted by atomic mass is 9.96. The second-order valence-corrected chi connectivity index (χ2v) is 7.46. The predicted molar refractivity (Wildman–Crippen MR) is 129 cm³/mol. The molecule has 0 unspecified atom stereocenters. The Hall–Kier alpha value is -4.26. The summed E-state index contributed by atoms with van der Waals surface area (Å²) in [5, 5.41) is 10.9. The Balaban J connectivity index is 0.000000968. The van der Waals surface area contributed by atoms with E-state index in [1.54, 1.807) is 18.6 Å². The van der Waals surface area contributed by atoms with Crippen LogP contribution in [0.4, 0.5) is 5.69 Å². The predicted octanol–water partition coefficient (Wildman–Crippen LogP) is 5.35. The van der Waals surface area contributed by atoms with E-state index in [0.717, 1.165) is 27.6 Å². The average Bonchev–Trinajstić information content (AvgIpc) is 2.80. The lowest BCUT2D eigenvalue weighted by molar-refractivity contribution is -0.122. The maximum absolute atomic E-state index is 13.1. The Kier molecular flexibility index (Phi) is 7.70. The summed E-state index contributed by atoms with van der Waals surface area (Å²) in [6, 6.07) is 17.4. The number of hydrogen-bond acceptors (Lipinski definition) is 5. The summed E-state index contributed by atoms with van der Waals surface area (Å²) in [7, 11) is 0.